The van der Waals surface area contributed by atoms with Gasteiger partial charge in [-0.3, -0.25) is 14.4 Å². The van der Waals surface area contributed by atoms with Crippen molar-refractivity contribution in [3.63, 3.8) is 0 Å². The number of aromatic nitrogens is 2. The molecule has 1 atom stereocenters. The Hall–Kier alpha value is -2.67. The topological polar surface area (TPSA) is 78.7 Å². The van der Waals surface area contributed by atoms with Crippen molar-refractivity contribution in [2.75, 3.05) is 26.2 Å². The first kappa shape index (κ1) is 18.1. The highest BCUT2D eigenvalue weighted by Crippen LogP contribution is 2.15. The van der Waals surface area contributed by atoms with Crippen molar-refractivity contribution in [3.8, 4) is 0 Å². The summed E-state index contributed by atoms with van der Waals surface area (Å²) in [6.07, 6.45) is 2.67. The second-order valence-electron chi connectivity index (χ2n) is 6.78. The van der Waals surface area contributed by atoms with Crippen LogP contribution in [0.15, 0.2) is 36.7 Å². The zero-order valence-electron chi connectivity index (χ0n) is 15.1. The molecule has 0 bridgehead atoms. The van der Waals surface area contributed by atoms with Crippen LogP contribution >= 0.6 is 0 Å². The molecule has 1 saturated heterocycles. The molecule has 7 nitrogen and oxygen atoms in total. The molecule has 1 aliphatic rings. The highest BCUT2D eigenvalue weighted by molar-refractivity contribution is 5.87. The van der Waals surface area contributed by atoms with E-state index in [0.29, 0.717) is 13.1 Å². The molecule has 1 fully saturated rings. The second-order valence-corrected chi connectivity index (χ2v) is 6.78. The Balaban J connectivity index is 1.54. The van der Waals surface area contributed by atoms with Crippen molar-refractivity contribution in [1.29, 1.82) is 0 Å². The lowest BCUT2D eigenvalue weighted by molar-refractivity contribution is -0.136. The average molecular weight is 356 g/mol. The van der Waals surface area contributed by atoms with E-state index in [2.05, 4.69) is 41.2 Å². The van der Waals surface area contributed by atoms with E-state index in [0.717, 1.165) is 19.6 Å². The number of carbonyl (C=O) groups is 2. The predicted molar refractivity (Wildman–Crippen MR) is 96.9 cm³/mol. The smallest absolute Gasteiger partial charge is 0.338 e. The molecule has 1 amide bonds. The van der Waals surface area contributed by atoms with E-state index in [4.69, 9.17) is 5.11 Å². The minimum Gasteiger partial charge on any atom is -0.478 e. The highest BCUT2D eigenvalue weighted by atomic mass is 16.4. The molecule has 7 heteroatoms. The van der Waals surface area contributed by atoms with Gasteiger partial charge < -0.3 is 10.0 Å². The average Bonchev–Trinajstić information content (AvgIpc) is 3.13. The fourth-order valence-electron chi connectivity index (χ4n) is 3.12. The SMILES string of the molecule is Cc1ccc(CN2CCN(C(=O)C(C)n3cc(C(=O)O)cn3)CC2)cc1. The summed E-state index contributed by atoms with van der Waals surface area (Å²) in [5.74, 6) is -1.07. The number of carbonyl (C=O) groups excluding carboxylic acids is 1. The van der Waals surface area contributed by atoms with Crippen molar-refractivity contribution in [3.05, 3.63) is 53.3 Å². The van der Waals surface area contributed by atoms with Gasteiger partial charge >= 0.3 is 5.97 Å². The zero-order chi connectivity index (χ0) is 18.7. The van der Waals surface area contributed by atoms with Gasteiger partial charge in [-0.15, -0.1) is 0 Å². The second kappa shape index (κ2) is 7.70. The third kappa shape index (κ3) is 4.11. The van der Waals surface area contributed by atoms with E-state index in [1.54, 1.807) is 6.92 Å². The summed E-state index contributed by atoms with van der Waals surface area (Å²) in [4.78, 5) is 27.8. The molecule has 1 aromatic carbocycles. The quantitative estimate of drug-likeness (QED) is 0.884. The van der Waals surface area contributed by atoms with Crippen LogP contribution in [0.5, 0.6) is 0 Å². The van der Waals surface area contributed by atoms with E-state index in [9.17, 15) is 9.59 Å². The number of benzene rings is 1. The Morgan fingerprint density at radius 3 is 2.38 bits per heavy atom. The van der Waals surface area contributed by atoms with Crippen LogP contribution in [0, 0.1) is 6.92 Å². The number of carboxylic acids is 1. The summed E-state index contributed by atoms with van der Waals surface area (Å²) in [6, 6.07) is 8.02. The fourth-order valence-corrected chi connectivity index (χ4v) is 3.12. The van der Waals surface area contributed by atoms with Gasteiger partial charge in [0, 0.05) is 38.9 Å². The molecule has 138 valence electrons. The number of nitrogens with zero attached hydrogens (tertiary/aromatic N) is 4. The zero-order valence-corrected chi connectivity index (χ0v) is 15.1. The Labute approximate surface area is 152 Å². The number of aryl methyl sites for hydroxylation is 1. The van der Waals surface area contributed by atoms with Crippen molar-refractivity contribution in [1.82, 2.24) is 19.6 Å². The lowest BCUT2D eigenvalue weighted by Crippen LogP contribution is -2.49. The van der Waals surface area contributed by atoms with Crippen LogP contribution in [-0.2, 0) is 11.3 Å². The maximum absolute atomic E-state index is 12.7. The van der Waals surface area contributed by atoms with Crippen molar-refractivity contribution >= 4 is 11.9 Å². The van der Waals surface area contributed by atoms with Crippen molar-refractivity contribution in [2.45, 2.75) is 26.4 Å². The fraction of sp³-hybridized carbons (Fsp3) is 0.421. The largest absolute Gasteiger partial charge is 0.478 e. The molecule has 1 unspecified atom stereocenters. The monoisotopic (exact) mass is 356 g/mol. The Kier molecular flexibility index (Phi) is 5.37. The summed E-state index contributed by atoms with van der Waals surface area (Å²) in [5, 5.41) is 13.0. The summed E-state index contributed by atoms with van der Waals surface area (Å²) in [6.45, 7) is 7.70. The van der Waals surface area contributed by atoms with Crippen LogP contribution in [-0.4, -0.2) is 62.7 Å². The van der Waals surface area contributed by atoms with Crippen LogP contribution in [0.2, 0.25) is 0 Å². The van der Waals surface area contributed by atoms with Gasteiger partial charge in [-0.1, -0.05) is 29.8 Å². The van der Waals surface area contributed by atoms with Crippen LogP contribution in [0.25, 0.3) is 0 Å². The molecule has 0 saturated carbocycles. The van der Waals surface area contributed by atoms with Gasteiger partial charge in [-0.25, -0.2) is 4.79 Å². The molecule has 0 aliphatic carbocycles. The number of amides is 1. The number of aromatic carboxylic acids is 1. The summed E-state index contributed by atoms with van der Waals surface area (Å²) in [7, 11) is 0. The molecule has 0 radical (unpaired) electrons. The molecule has 2 aromatic rings. The molecule has 3 rings (SSSR count). The lowest BCUT2D eigenvalue weighted by atomic mass is 10.1. The van der Waals surface area contributed by atoms with Crippen molar-refractivity contribution < 1.29 is 14.7 Å². The first-order valence-electron chi connectivity index (χ1n) is 8.78. The van der Waals surface area contributed by atoms with E-state index in [-0.39, 0.29) is 11.5 Å². The first-order valence-corrected chi connectivity index (χ1v) is 8.78. The van der Waals surface area contributed by atoms with E-state index in [1.807, 2.05) is 4.90 Å². The minimum atomic E-state index is -1.04. The Morgan fingerprint density at radius 1 is 1.15 bits per heavy atom. The molecular weight excluding hydrogens is 332 g/mol. The number of hydrogen-bond acceptors (Lipinski definition) is 4. The van der Waals surface area contributed by atoms with E-state index < -0.39 is 12.0 Å². The molecule has 1 aliphatic heterocycles. The van der Waals surface area contributed by atoms with Crippen LogP contribution in [0.1, 0.15) is 34.5 Å². The van der Waals surface area contributed by atoms with Gasteiger partial charge in [0.2, 0.25) is 5.91 Å². The standard InChI is InChI=1S/C19H24N4O3/c1-14-3-5-16(6-4-14)12-21-7-9-22(10-8-21)18(24)15(2)23-13-17(11-20-23)19(25)26/h3-6,11,13,15H,7-10,12H2,1-2H3,(H,25,26). The van der Waals surface area contributed by atoms with Crippen LogP contribution < -0.4 is 0 Å². The highest BCUT2D eigenvalue weighted by Gasteiger charge is 2.26. The Morgan fingerprint density at radius 2 is 1.81 bits per heavy atom. The van der Waals surface area contributed by atoms with Crippen LogP contribution in [0.3, 0.4) is 0 Å². The van der Waals surface area contributed by atoms with Crippen molar-refractivity contribution in [2.24, 2.45) is 0 Å². The third-order valence-electron chi connectivity index (χ3n) is 4.81. The number of piperazine rings is 1. The molecule has 2 heterocycles. The molecule has 0 spiro atoms. The minimum absolute atomic E-state index is 0.0278. The normalized spacial score (nSPS) is 16.5. The van der Waals surface area contributed by atoms with E-state index in [1.165, 1.54) is 28.2 Å². The Bertz CT molecular complexity index is 776. The maximum atomic E-state index is 12.7. The lowest BCUT2D eigenvalue weighted by Gasteiger charge is -2.36. The molecule has 1 N–H and O–H groups in total. The number of hydrogen-bond donors (Lipinski definition) is 1. The van der Waals surface area contributed by atoms with Gasteiger partial charge in [-0.05, 0) is 19.4 Å². The maximum Gasteiger partial charge on any atom is 0.338 e. The summed E-state index contributed by atoms with van der Waals surface area (Å²) >= 11 is 0. The van der Waals surface area contributed by atoms with Gasteiger partial charge in [-0.2, -0.15) is 5.10 Å². The molecular formula is C19H24N4O3. The predicted octanol–water partition coefficient (Wildman–Crippen LogP) is 1.80. The molecule has 1 aromatic heterocycles. The van der Waals surface area contributed by atoms with E-state index >= 15 is 0 Å². The van der Waals surface area contributed by atoms with Gasteiger partial charge in [0.15, 0.2) is 0 Å². The van der Waals surface area contributed by atoms with Gasteiger partial charge in [0.1, 0.15) is 6.04 Å². The summed E-state index contributed by atoms with van der Waals surface area (Å²) in [5.41, 5.74) is 2.62. The van der Waals surface area contributed by atoms with Crippen LogP contribution in [0.4, 0.5) is 0 Å². The van der Waals surface area contributed by atoms with Gasteiger partial charge in [0.25, 0.3) is 0 Å². The summed E-state index contributed by atoms with van der Waals surface area (Å²) < 4.78 is 1.42. The first-order chi connectivity index (χ1) is 12.4. The molecule has 26 heavy (non-hydrogen) atoms. The van der Waals surface area contributed by atoms with Gasteiger partial charge in [0.05, 0.1) is 11.8 Å². The number of rotatable bonds is 5. The third-order valence-corrected chi connectivity index (χ3v) is 4.81. The number of carboxylic acid groups (broad SMARTS) is 1.